The van der Waals surface area contributed by atoms with E-state index in [1.807, 2.05) is 0 Å². The van der Waals surface area contributed by atoms with Crippen LogP contribution in [0.2, 0.25) is 0 Å². The van der Waals surface area contributed by atoms with Gasteiger partial charge >= 0.3 is 36.3 Å². The molecule has 1 fully saturated rings. The van der Waals surface area contributed by atoms with Crippen molar-refractivity contribution in [1.29, 1.82) is 0 Å². The van der Waals surface area contributed by atoms with Crippen LogP contribution in [-0.4, -0.2) is 28.2 Å². The fourth-order valence-electron chi connectivity index (χ4n) is 1.13. The van der Waals surface area contributed by atoms with Crippen LogP contribution in [0.3, 0.4) is 0 Å². The van der Waals surface area contributed by atoms with Crippen molar-refractivity contribution in [1.82, 2.24) is 0 Å². The molecule has 0 saturated heterocycles. The summed E-state index contributed by atoms with van der Waals surface area (Å²) in [5.41, 5.74) is 5.63. The Kier molecular flexibility index (Phi) is 13.1. The van der Waals surface area contributed by atoms with Crippen molar-refractivity contribution in [2.45, 2.75) is 38.1 Å². The third kappa shape index (κ3) is 13.5. The molecule has 1 rings (SSSR count). The van der Waals surface area contributed by atoms with E-state index in [-0.39, 0.29) is 0 Å². The summed E-state index contributed by atoms with van der Waals surface area (Å²) >= 11 is 1.64. The van der Waals surface area contributed by atoms with Crippen molar-refractivity contribution in [2.24, 2.45) is 10.0 Å². The van der Waals surface area contributed by atoms with E-state index in [9.17, 15) is 0 Å². The molecule has 0 aromatic carbocycles. The van der Waals surface area contributed by atoms with Crippen LogP contribution in [0, 0.1) is 0 Å². The number of nitrogens with two attached hydrogens (primary N) is 2. The Labute approximate surface area is 100 Å². The van der Waals surface area contributed by atoms with Gasteiger partial charge < -0.3 is 15.9 Å². The molecule has 0 bridgehead atoms. The van der Waals surface area contributed by atoms with Gasteiger partial charge in [-0.3, -0.25) is 0 Å². The van der Waals surface area contributed by atoms with Crippen LogP contribution in [0.25, 0.3) is 0 Å². The molecule has 7 heteroatoms. The number of rotatable bonds is 0. The SMILES string of the molecule is NC1CCCCC1.O=C(O)C(=O)O.[NH2][Pt]. The van der Waals surface area contributed by atoms with Crippen LogP contribution in [0.1, 0.15) is 32.1 Å². The van der Waals surface area contributed by atoms with Gasteiger partial charge in [0.2, 0.25) is 0 Å². The van der Waals surface area contributed by atoms with Gasteiger partial charge in [-0.05, 0) is 12.8 Å². The molecule has 0 aromatic rings. The van der Waals surface area contributed by atoms with Crippen molar-refractivity contribution >= 4 is 11.9 Å². The van der Waals surface area contributed by atoms with Crippen molar-refractivity contribution in [2.75, 3.05) is 0 Å². The van der Waals surface area contributed by atoms with Crippen molar-refractivity contribution < 1.29 is 39.9 Å². The van der Waals surface area contributed by atoms with Gasteiger partial charge in [0, 0.05) is 6.04 Å². The number of carboxylic acids is 2. The first kappa shape index (κ1) is 17.0. The minimum atomic E-state index is -1.82. The van der Waals surface area contributed by atoms with E-state index >= 15 is 0 Å². The minimum absolute atomic E-state index is 0.536. The molecule has 1 saturated carbocycles. The Hall–Kier alpha value is -0.452. The van der Waals surface area contributed by atoms with Crippen LogP contribution >= 0.6 is 0 Å². The summed E-state index contributed by atoms with van der Waals surface area (Å²) in [6.07, 6.45) is 6.66. The van der Waals surface area contributed by atoms with E-state index in [4.69, 9.17) is 25.5 Å². The third-order valence-corrected chi connectivity index (χ3v) is 1.83. The topological polar surface area (TPSA) is 127 Å². The summed E-state index contributed by atoms with van der Waals surface area (Å²) in [5, 5.41) is 14.8. The predicted molar refractivity (Wildman–Crippen MR) is 50.5 cm³/mol. The summed E-state index contributed by atoms with van der Waals surface area (Å²) in [4.78, 5) is 18.2. The van der Waals surface area contributed by atoms with Gasteiger partial charge in [-0.15, -0.1) is 0 Å². The Morgan fingerprint density at radius 1 is 1.00 bits per heavy atom. The van der Waals surface area contributed by atoms with E-state index in [2.05, 4.69) is 4.29 Å². The van der Waals surface area contributed by atoms with Crippen molar-refractivity contribution in [3.05, 3.63) is 0 Å². The van der Waals surface area contributed by atoms with Crippen LogP contribution < -0.4 is 10.0 Å². The third-order valence-electron chi connectivity index (χ3n) is 1.83. The quantitative estimate of drug-likeness (QED) is 0.419. The second-order valence-corrected chi connectivity index (χ2v) is 3.01. The van der Waals surface area contributed by atoms with E-state index in [1.54, 1.807) is 20.1 Å². The van der Waals surface area contributed by atoms with Gasteiger partial charge in [0.1, 0.15) is 0 Å². The molecule has 0 aliphatic heterocycles. The summed E-state index contributed by atoms with van der Waals surface area (Å²) in [6, 6.07) is 0.536. The zero-order valence-electron chi connectivity index (χ0n) is 8.29. The molecule has 0 amide bonds. The van der Waals surface area contributed by atoms with Gasteiger partial charge in [0.05, 0.1) is 0 Å². The average Bonchev–Trinajstić information content (AvgIpc) is 2.22. The molecule has 0 aromatic heterocycles. The molecule has 1 aliphatic carbocycles. The molecular weight excluding hydrogens is 383 g/mol. The van der Waals surface area contributed by atoms with Crippen LogP contribution in [-0.2, 0) is 29.7 Å². The molecule has 6 nitrogen and oxygen atoms in total. The molecule has 1 aliphatic rings. The molecule has 0 atom stereocenters. The van der Waals surface area contributed by atoms with E-state index < -0.39 is 11.9 Å². The molecule has 6 N–H and O–H groups in total. The Morgan fingerprint density at radius 3 is 1.47 bits per heavy atom. The number of hydrogen-bond acceptors (Lipinski definition) is 4. The number of carboxylic acid groups (broad SMARTS) is 2. The van der Waals surface area contributed by atoms with Crippen LogP contribution in [0.4, 0.5) is 0 Å². The van der Waals surface area contributed by atoms with Gasteiger partial charge in [-0.25, -0.2) is 9.59 Å². The molecular formula is C8H17N2O4Pt. The monoisotopic (exact) mass is 400 g/mol. The van der Waals surface area contributed by atoms with Gasteiger partial charge in [-0.2, -0.15) is 0 Å². The summed E-state index contributed by atoms with van der Waals surface area (Å²) in [5.74, 6) is -3.65. The second kappa shape index (κ2) is 11.6. The number of carbonyl (C=O) groups is 2. The normalized spacial score (nSPS) is 15.2. The second-order valence-electron chi connectivity index (χ2n) is 3.01. The first-order valence-electron chi connectivity index (χ1n) is 4.44. The zero-order valence-corrected chi connectivity index (χ0v) is 10.6. The number of aliphatic carboxylic acids is 2. The first-order chi connectivity index (χ1) is 7.04. The van der Waals surface area contributed by atoms with Crippen LogP contribution in [0.15, 0.2) is 0 Å². The van der Waals surface area contributed by atoms with Crippen molar-refractivity contribution in [3.63, 3.8) is 0 Å². The Balaban J connectivity index is 0. The molecule has 0 unspecified atom stereocenters. The summed E-state index contributed by atoms with van der Waals surface area (Å²) in [6.45, 7) is 0. The fraction of sp³-hybridized carbons (Fsp3) is 0.750. The maximum atomic E-state index is 9.10. The predicted octanol–water partition coefficient (Wildman–Crippen LogP) is -0.160. The Morgan fingerprint density at radius 2 is 1.33 bits per heavy atom. The average molecular weight is 400 g/mol. The molecule has 0 spiro atoms. The van der Waals surface area contributed by atoms with Crippen LogP contribution in [0.5, 0.6) is 0 Å². The molecule has 0 radical (unpaired) electrons. The van der Waals surface area contributed by atoms with E-state index in [1.165, 1.54) is 32.1 Å². The standard InChI is InChI=1S/C6H13N.C2H2O4.H2N.Pt/c7-6-4-2-1-3-5-6;3-1(4)2(5)6;;/h6H,1-5,7H2;(H,3,4)(H,5,6);1H2;/q;;-1;+1. The molecule has 15 heavy (non-hydrogen) atoms. The van der Waals surface area contributed by atoms with E-state index in [0.29, 0.717) is 6.04 Å². The molecule has 93 valence electrons. The Bertz CT molecular complexity index is 171. The maximum absolute atomic E-state index is 9.10. The van der Waals surface area contributed by atoms with Gasteiger partial charge in [-0.1, -0.05) is 19.3 Å². The summed E-state index contributed by atoms with van der Waals surface area (Å²) < 4.78 is 4.47. The number of hydrogen-bond donors (Lipinski definition) is 4. The molecule has 0 heterocycles. The van der Waals surface area contributed by atoms with E-state index in [0.717, 1.165) is 0 Å². The first-order valence-corrected chi connectivity index (χ1v) is 5.75. The summed E-state index contributed by atoms with van der Waals surface area (Å²) in [7, 11) is 0. The van der Waals surface area contributed by atoms with Crippen molar-refractivity contribution in [3.8, 4) is 0 Å². The fourth-order valence-corrected chi connectivity index (χ4v) is 1.13. The van der Waals surface area contributed by atoms with Gasteiger partial charge in [0.15, 0.2) is 0 Å². The zero-order chi connectivity index (χ0) is 12.3. The van der Waals surface area contributed by atoms with Gasteiger partial charge in [0.25, 0.3) is 0 Å².